The van der Waals surface area contributed by atoms with Gasteiger partial charge in [-0.2, -0.15) is 0 Å². The van der Waals surface area contributed by atoms with Gasteiger partial charge in [0.1, 0.15) is 29.2 Å². The molecule has 1 atom stereocenters. The van der Waals surface area contributed by atoms with Crippen LogP contribution < -0.4 is 14.8 Å². The van der Waals surface area contributed by atoms with Crippen molar-refractivity contribution < 1.29 is 23.0 Å². The van der Waals surface area contributed by atoms with Gasteiger partial charge < -0.3 is 14.8 Å². The number of hydrogen-bond donors (Lipinski definition) is 1. The van der Waals surface area contributed by atoms with Crippen molar-refractivity contribution in [2.75, 3.05) is 6.61 Å². The topological polar surface area (TPSA) is 47.6 Å². The highest BCUT2D eigenvalue weighted by Crippen LogP contribution is 2.35. The molecule has 2 aromatic carbocycles. The Kier molecular flexibility index (Phi) is 4.88. The average molecular weight is 347 g/mol. The highest BCUT2D eigenvalue weighted by Gasteiger charge is 2.22. The first-order valence-corrected chi connectivity index (χ1v) is 8.16. The van der Waals surface area contributed by atoms with Crippen molar-refractivity contribution in [3.05, 3.63) is 58.7 Å². The van der Waals surface area contributed by atoms with Gasteiger partial charge in [0.2, 0.25) is 0 Å². The zero-order valence-electron chi connectivity index (χ0n) is 14.1. The van der Waals surface area contributed by atoms with Crippen LogP contribution in [0.2, 0.25) is 0 Å². The molecule has 0 aliphatic carbocycles. The molecule has 1 aliphatic rings. The Labute approximate surface area is 144 Å². The molecule has 1 aliphatic heterocycles. The lowest BCUT2D eigenvalue weighted by atomic mass is 10.1. The highest BCUT2D eigenvalue weighted by atomic mass is 19.1. The predicted octanol–water partition coefficient (Wildman–Crippen LogP) is 3.62. The Hall–Kier alpha value is -2.63. The molecule has 0 spiro atoms. The molecule has 0 saturated heterocycles. The van der Waals surface area contributed by atoms with Crippen LogP contribution in [0.3, 0.4) is 0 Å². The first-order valence-electron chi connectivity index (χ1n) is 8.16. The molecule has 1 N–H and O–H groups in total. The van der Waals surface area contributed by atoms with E-state index in [0.717, 1.165) is 35.4 Å². The summed E-state index contributed by atoms with van der Waals surface area (Å²) in [5.74, 6) is -0.798. The number of carbonyl (C=O) groups excluding carboxylic acids is 1. The predicted molar refractivity (Wildman–Crippen MR) is 88.9 cm³/mol. The molecular weight excluding hydrogens is 328 g/mol. The van der Waals surface area contributed by atoms with Gasteiger partial charge in [-0.1, -0.05) is 0 Å². The van der Waals surface area contributed by atoms with E-state index < -0.39 is 17.5 Å². The van der Waals surface area contributed by atoms with Gasteiger partial charge in [-0.3, -0.25) is 4.79 Å². The summed E-state index contributed by atoms with van der Waals surface area (Å²) < 4.78 is 38.0. The molecule has 6 heteroatoms. The summed E-state index contributed by atoms with van der Waals surface area (Å²) in [6.07, 6.45) is 0.908. The summed E-state index contributed by atoms with van der Waals surface area (Å²) in [5, 5.41) is 2.64. The number of benzene rings is 2. The Morgan fingerprint density at radius 1 is 1.32 bits per heavy atom. The average Bonchev–Trinajstić information content (AvgIpc) is 2.91. The minimum atomic E-state index is -0.895. The van der Waals surface area contributed by atoms with Gasteiger partial charge in [-0.25, -0.2) is 8.78 Å². The lowest BCUT2D eigenvalue weighted by Crippen LogP contribution is -2.24. The summed E-state index contributed by atoms with van der Waals surface area (Å²) in [5.41, 5.74) is 1.60. The molecular formula is C19H19F2NO3. The number of hydrogen-bond acceptors (Lipinski definition) is 3. The standard InChI is InChI=1S/C19H19F2NO3/c1-3-24-17-7-12-6-11(2)25-18(12)8-13(17)10-22-19(23)15-5-4-14(20)9-16(15)21/h4-5,7-9,11H,3,6,10H2,1-2H3,(H,22,23)/t11-/m1/s1. The van der Waals surface area contributed by atoms with Gasteiger partial charge in [-0.05, 0) is 38.1 Å². The van der Waals surface area contributed by atoms with Crippen molar-refractivity contribution in [3.8, 4) is 11.5 Å². The Morgan fingerprint density at radius 3 is 2.84 bits per heavy atom. The second-order valence-corrected chi connectivity index (χ2v) is 5.94. The van der Waals surface area contributed by atoms with Crippen LogP contribution in [0.4, 0.5) is 8.78 Å². The number of halogens is 2. The van der Waals surface area contributed by atoms with Crippen LogP contribution in [0.1, 0.15) is 35.3 Å². The summed E-state index contributed by atoms with van der Waals surface area (Å²) >= 11 is 0. The number of fused-ring (bicyclic) bond motifs is 1. The number of ether oxygens (including phenoxy) is 2. The maximum atomic E-state index is 13.7. The molecule has 0 bridgehead atoms. The molecule has 4 nitrogen and oxygen atoms in total. The maximum Gasteiger partial charge on any atom is 0.254 e. The molecule has 3 rings (SSSR count). The maximum absolute atomic E-state index is 13.7. The van der Waals surface area contributed by atoms with Crippen LogP contribution in [-0.4, -0.2) is 18.6 Å². The first kappa shape index (κ1) is 17.2. The number of amides is 1. The third-order valence-corrected chi connectivity index (χ3v) is 3.99. The largest absolute Gasteiger partial charge is 0.494 e. The van der Waals surface area contributed by atoms with Crippen LogP contribution in [0.5, 0.6) is 11.5 Å². The summed E-state index contributed by atoms with van der Waals surface area (Å²) in [6, 6.07) is 6.61. The zero-order chi connectivity index (χ0) is 18.0. The van der Waals surface area contributed by atoms with E-state index in [1.54, 1.807) is 0 Å². The second-order valence-electron chi connectivity index (χ2n) is 5.94. The van der Waals surface area contributed by atoms with Gasteiger partial charge >= 0.3 is 0 Å². The third-order valence-electron chi connectivity index (χ3n) is 3.99. The molecule has 1 amide bonds. The van der Waals surface area contributed by atoms with E-state index in [2.05, 4.69) is 5.32 Å². The lowest BCUT2D eigenvalue weighted by molar-refractivity contribution is 0.0946. The van der Waals surface area contributed by atoms with E-state index >= 15 is 0 Å². The highest BCUT2D eigenvalue weighted by molar-refractivity contribution is 5.94. The SMILES string of the molecule is CCOc1cc2c(cc1CNC(=O)c1ccc(F)cc1F)O[C@H](C)C2. The van der Waals surface area contributed by atoms with Crippen LogP contribution in [0.25, 0.3) is 0 Å². The van der Waals surface area contributed by atoms with Crippen LogP contribution in [0.15, 0.2) is 30.3 Å². The second kappa shape index (κ2) is 7.09. The molecule has 1 heterocycles. The molecule has 132 valence electrons. The third kappa shape index (κ3) is 3.73. The zero-order valence-corrected chi connectivity index (χ0v) is 14.1. The number of rotatable bonds is 5. The van der Waals surface area contributed by atoms with Gasteiger partial charge in [0.15, 0.2) is 0 Å². The molecule has 0 aromatic heterocycles. The lowest BCUT2D eigenvalue weighted by Gasteiger charge is -2.13. The van der Waals surface area contributed by atoms with E-state index in [1.807, 2.05) is 26.0 Å². The summed E-state index contributed by atoms with van der Waals surface area (Å²) in [7, 11) is 0. The fourth-order valence-electron chi connectivity index (χ4n) is 2.85. The minimum absolute atomic E-state index is 0.0997. The molecule has 0 saturated carbocycles. The van der Waals surface area contributed by atoms with E-state index in [-0.39, 0.29) is 18.2 Å². The fourth-order valence-corrected chi connectivity index (χ4v) is 2.85. The summed E-state index contributed by atoms with van der Waals surface area (Å²) in [4.78, 5) is 12.2. The van der Waals surface area contributed by atoms with Crippen LogP contribution in [0, 0.1) is 11.6 Å². The van der Waals surface area contributed by atoms with Crippen molar-refractivity contribution in [1.29, 1.82) is 0 Å². The van der Waals surface area contributed by atoms with E-state index in [0.29, 0.717) is 18.4 Å². The number of carbonyl (C=O) groups is 1. The first-order chi connectivity index (χ1) is 12.0. The Morgan fingerprint density at radius 2 is 2.12 bits per heavy atom. The number of nitrogens with one attached hydrogen (secondary N) is 1. The quantitative estimate of drug-likeness (QED) is 0.899. The smallest absolute Gasteiger partial charge is 0.254 e. The monoisotopic (exact) mass is 347 g/mol. The van der Waals surface area contributed by atoms with Crippen LogP contribution in [-0.2, 0) is 13.0 Å². The van der Waals surface area contributed by atoms with Crippen molar-refractivity contribution in [2.24, 2.45) is 0 Å². The van der Waals surface area contributed by atoms with E-state index in [1.165, 1.54) is 0 Å². The van der Waals surface area contributed by atoms with Gasteiger partial charge in [-0.15, -0.1) is 0 Å². The van der Waals surface area contributed by atoms with E-state index in [4.69, 9.17) is 9.47 Å². The van der Waals surface area contributed by atoms with Crippen LogP contribution >= 0.6 is 0 Å². The Bertz CT molecular complexity index is 807. The van der Waals surface area contributed by atoms with Crippen molar-refractivity contribution in [1.82, 2.24) is 5.32 Å². The normalized spacial score (nSPS) is 15.4. The van der Waals surface area contributed by atoms with Crippen molar-refractivity contribution in [2.45, 2.75) is 32.9 Å². The fraction of sp³-hybridized carbons (Fsp3) is 0.316. The van der Waals surface area contributed by atoms with Gasteiger partial charge in [0, 0.05) is 30.2 Å². The minimum Gasteiger partial charge on any atom is -0.494 e. The molecule has 25 heavy (non-hydrogen) atoms. The van der Waals surface area contributed by atoms with Gasteiger partial charge in [0.25, 0.3) is 5.91 Å². The Balaban J connectivity index is 1.78. The van der Waals surface area contributed by atoms with Crippen molar-refractivity contribution >= 4 is 5.91 Å². The molecule has 2 aromatic rings. The molecule has 0 unspecified atom stereocenters. The van der Waals surface area contributed by atoms with Gasteiger partial charge in [0.05, 0.1) is 12.2 Å². The van der Waals surface area contributed by atoms with Crippen molar-refractivity contribution in [3.63, 3.8) is 0 Å². The van der Waals surface area contributed by atoms with E-state index in [9.17, 15) is 13.6 Å². The molecule has 0 radical (unpaired) electrons. The molecule has 0 fully saturated rings. The summed E-state index contributed by atoms with van der Waals surface area (Å²) in [6.45, 7) is 4.50.